The Hall–Kier alpha value is -1.69. The minimum atomic E-state index is 0.0736. The summed E-state index contributed by atoms with van der Waals surface area (Å²) in [6.07, 6.45) is 6.41. The Bertz CT molecular complexity index is 617. The third-order valence-electron chi connectivity index (χ3n) is 3.50. The summed E-state index contributed by atoms with van der Waals surface area (Å²) in [4.78, 5) is 23.7. The van der Waals surface area contributed by atoms with Crippen LogP contribution < -0.4 is 0 Å². The molecule has 0 N–H and O–H groups in total. The van der Waals surface area contributed by atoms with E-state index in [0.717, 1.165) is 47.2 Å². The molecule has 0 spiro atoms. The van der Waals surface area contributed by atoms with E-state index < -0.39 is 0 Å². The van der Waals surface area contributed by atoms with E-state index in [2.05, 4.69) is 16.9 Å². The van der Waals surface area contributed by atoms with E-state index in [4.69, 9.17) is 0 Å². The van der Waals surface area contributed by atoms with E-state index in [1.54, 1.807) is 11.1 Å². The fraction of sp³-hybridized carbons (Fsp3) is 0.533. The van der Waals surface area contributed by atoms with Crippen molar-refractivity contribution in [3.63, 3.8) is 0 Å². The number of hydrogen-bond acceptors (Lipinski definition) is 4. The molecule has 6 heteroatoms. The molecule has 0 atom stereocenters. The highest BCUT2D eigenvalue weighted by Gasteiger charge is 2.18. The first-order valence-corrected chi connectivity index (χ1v) is 8.02. The predicted molar refractivity (Wildman–Crippen MR) is 84.7 cm³/mol. The van der Waals surface area contributed by atoms with Gasteiger partial charge < -0.3 is 9.47 Å². The lowest BCUT2D eigenvalue weighted by Crippen LogP contribution is -2.28. The van der Waals surface area contributed by atoms with Gasteiger partial charge in [-0.05, 0) is 19.8 Å². The highest BCUT2D eigenvalue weighted by atomic mass is 32.1. The highest BCUT2D eigenvalue weighted by Crippen LogP contribution is 2.20. The summed E-state index contributed by atoms with van der Waals surface area (Å²) in [5.41, 5.74) is 0.845. The van der Waals surface area contributed by atoms with Gasteiger partial charge in [-0.3, -0.25) is 4.79 Å². The fourth-order valence-electron chi connectivity index (χ4n) is 2.19. The van der Waals surface area contributed by atoms with Gasteiger partial charge in [-0.2, -0.15) is 0 Å². The van der Waals surface area contributed by atoms with Crippen LogP contribution in [-0.2, 0) is 19.9 Å². The number of amides is 1. The van der Waals surface area contributed by atoms with E-state index in [1.807, 2.05) is 31.8 Å². The first-order chi connectivity index (χ1) is 10.0. The van der Waals surface area contributed by atoms with Crippen LogP contribution in [0.15, 0.2) is 12.4 Å². The van der Waals surface area contributed by atoms with Gasteiger partial charge in [0.15, 0.2) is 0 Å². The van der Waals surface area contributed by atoms with Gasteiger partial charge in [-0.1, -0.05) is 6.92 Å². The number of imidazole rings is 1. The van der Waals surface area contributed by atoms with Crippen molar-refractivity contribution in [2.75, 3.05) is 13.6 Å². The molecule has 2 aromatic heterocycles. The SMILES string of the molecule is CCc1nc(C)c(C(=O)N(C)CCCc2nccn2C)s1. The fourth-order valence-corrected chi connectivity index (χ4v) is 3.19. The monoisotopic (exact) mass is 306 g/mol. The molecule has 0 radical (unpaired) electrons. The Morgan fingerprint density at radius 3 is 2.81 bits per heavy atom. The van der Waals surface area contributed by atoms with Gasteiger partial charge in [0.25, 0.3) is 5.91 Å². The maximum Gasteiger partial charge on any atom is 0.265 e. The van der Waals surface area contributed by atoms with Crippen molar-refractivity contribution in [3.05, 3.63) is 33.8 Å². The Balaban J connectivity index is 1.90. The molecule has 0 saturated heterocycles. The number of rotatable bonds is 6. The van der Waals surface area contributed by atoms with Gasteiger partial charge in [-0.25, -0.2) is 9.97 Å². The van der Waals surface area contributed by atoms with Gasteiger partial charge >= 0.3 is 0 Å². The van der Waals surface area contributed by atoms with Gasteiger partial charge in [0, 0.05) is 39.5 Å². The summed E-state index contributed by atoms with van der Waals surface area (Å²) in [5, 5.41) is 1.03. The molecule has 1 amide bonds. The Kier molecular flexibility index (Phi) is 5.12. The number of thiazole rings is 1. The lowest BCUT2D eigenvalue weighted by molar-refractivity contribution is 0.0797. The van der Waals surface area contributed by atoms with Crippen molar-refractivity contribution in [3.8, 4) is 0 Å². The smallest absolute Gasteiger partial charge is 0.265 e. The van der Waals surface area contributed by atoms with Crippen LogP contribution in [0.5, 0.6) is 0 Å². The molecule has 5 nitrogen and oxygen atoms in total. The predicted octanol–water partition coefficient (Wildman–Crippen LogP) is 2.45. The van der Waals surface area contributed by atoms with Crippen molar-refractivity contribution in [2.45, 2.75) is 33.1 Å². The van der Waals surface area contributed by atoms with E-state index in [0.29, 0.717) is 0 Å². The van der Waals surface area contributed by atoms with Gasteiger partial charge in [0.2, 0.25) is 0 Å². The van der Waals surface area contributed by atoms with Crippen LogP contribution >= 0.6 is 11.3 Å². The summed E-state index contributed by atoms with van der Waals surface area (Å²) in [7, 11) is 3.84. The number of hydrogen-bond donors (Lipinski definition) is 0. The van der Waals surface area contributed by atoms with Gasteiger partial charge in [0.05, 0.1) is 10.7 Å². The molecule has 0 aromatic carbocycles. The second-order valence-corrected chi connectivity index (χ2v) is 6.24. The molecule has 2 heterocycles. The zero-order valence-corrected chi connectivity index (χ0v) is 13.9. The number of nitrogens with zero attached hydrogens (tertiary/aromatic N) is 4. The van der Waals surface area contributed by atoms with Crippen molar-refractivity contribution < 1.29 is 4.79 Å². The van der Waals surface area contributed by atoms with Crippen LogP contribution in [0, 0.1) is 6.92 Å². The molecule has 114 valence electrons. The molecule has 0 aliphatic rings. The Labute approximate surface area is 129 Å². The number of carbonyl (C=O) groups is 1. The van der Waals surface area contributed by atoms with Crippen LogP contribution in [0.3, 0.4) is 0 Å². The zero-order chi connectivity index (χ0) is 15.4. The molecule has 21 heavy (non-hydrogen) atoms. The maximum absolute atomic E-state index is 12.4. The number of carbonyl (C=O) groups excluding carboxylic acids is 1. The molecule has 2 rings (SSSR count). The van der Waals surface area contributed by atoms with Crippen molar-refractivity contribution in [2.24, 2.45) is 7.05 Å². The molecule has 2 aromatic rings. The lowest BCUT2D eigenvalue weighted by atomic mass is 10.2. The van der Waals surface area contributed by atoms with Gasteiger partial charge in [-0.15, -0.1) is 11.3 Å². The summed E-state index contributed by atoms with van der Waals surface area (Å²) in [5.74, 6) is 1.13. The van der Waals surface area contributed by atoms with Crippen molar-refractivity contribution >= 4 is 17.2 Å². The van der Waals surface area contributed by atoms with E-state index in [1.165, 1.54) is 11.3 Å². The third-order valence-corrected chi connectivity index (χ3v) is 4.79. The summed E-state index contributed by atoms with van der Waals surface area (Å²) >= 11 is 1.51. The van der Waals surface area contributed by atoms with Gasteiger partial charge in [0.1, 0.15) is 10.7 Å². The van der Waals surface area contributed by atoms with E-state index >= 15 is 0 Å². The minimum Gasteiger partial charge on any atom is -0.341 e. The molecule has 0 aliphatic heterocycles. The third kappa shape index (κ3) is 3.69. The molecule has 0 bridgehead atoms. The Morgan fingerprint density at radius 2 is 2.24 bits per heavy atom. The lowest BCUT2D eigenvalue weighted by Gasteiger charge is -2.16. The number of aromatic nitrogens is 3. The largest absolute Gasteiger partial charge is 0.341 e. The Morgan fingerprint density at radius 1 is 1.48 bits per heavy atom. The summed E-state index contributed by atoms with van der Waals surface area (Å²) in [6, 6.07) is 0. The molecular weight excluding hydrogens is 284 g/mol. The maximum atomic E-state index is 12.4. The van der Waals surface area contributed by atoms with Crippen LogP contribution in [0.4, 0.5) is 0 Å². The molecule has 0 fully saturated rings. The number of aryl methyl sites for hydroxylation is 4. The average Bonchev–Trinajstić information content (AvgIpc) is 3.04. The standard InChI is InChI=1S/C15H22N4OS/c1-5-13-17-11(2)14(21-13)15(20)19(4)9-6-7-12-16-8-10-18(12)3/h8,10H,5-7,9H2,1-4H3. The highest BCUT2D eigenvalue weighted by molar-refractivity contribution is 7.13. The second-order valence-electron chi connectivity index (χ2n) is 5.16. The topological polar surface area (TPSA) is 51.0 Å². The van der Waals surface area contributed by atoms with Crippen LogP contribution in [0.25, 0.3) is 0 Å². The summed E-state index contributed by atoms with van der Waals surface area (Å²) in [6.45, 7) is 4.69. The second kappa shape index (κ2) is 6.85. The van der Waals surface area contributed by atoms with Crippen molar-refractivity contribution in [1.82, 2.24) is 19.4 Å². The summed E-state index contributed by atoms with van der Waals surface area (Å²) < 4.78 is 2.02. The molecular formula is C15H22N4OS. The molecule has 0 saturated carbocycles. The minimum absolute atomic E-state index is 0.0736. The zero-order valence-electron chi connectivity index (χ0n) is 13.1. The van der Waals surface area contributed by atoms with E-state index in [-0.39, 0.29) is 5.91 Å². The first-order valence-electron chi connectivity index (χ1n) is 7.21. The normalized spacial score (nSPS) is 10.9. The van der Waals surface area contributed by atoms with Crippen LogP contribution in [-0.4, -0.2) is 38.9 Å². The van der Waals surface area contributed by atoms with Crippen LogP contribution in [0.1, 0.15) is 39.5 Å². The molecule has 0 aliphatic carbocycles. The van der Waals surface area contributed by atoms with Crippen LogP contribution in [0.2, 0.25) is 0 Å². The van der Waals surface area contributed by atoms with Crippen molar-refractivity contribution in [1.29, 1.82) is 0 Å². The molecule has 0 unspecified atom stereocenters. The average molecular weight is 306 g/mol. The first kappa shape index (κ1) is 15.7. The quantitative estimate of drug-likeness (QED) is 0.823. The van der Waals surface area contributed by atoms with E-state index in [9.17, 15) is 4.79 Å².